The molecule has 11 heteroatoms. The van der Waals surface area contributed by atoms with E-state index in [1.807, 2.05) is 6.08 Å². The highest BCUT2D eigenvalue weighted by molar-refractivity contribution is 7.89. The number of carbonyl (C=O) groups excluding carboxylic acids is 1. The van der Waals surface area contributed by atoms with E-state index in [1.165, 1.54) is 24.3 Å². The average Bonchev–Trinajstić information content (AvgIpc) is 3.32. The quantitative estimate of drug-likeness (QED) is 0.546. The lowest BCUT2D eigenvalue weighted by atomic mass is 10.1. The molecule has 2 aliphatic rings. The molecule has 1 saturated heterocycles. The molecule has 1 aliphatic heterocycles. The van der Waals surface area contributed by atoms with Crippen molar-refractivity contribution in [2.24, 2.45) is 5.14 Å². The summed E-state index contributed by atoms with van der Waals surface area (Å²) >= 11 is 0. The third-order valence-electron chi connectivity index (χ3n) is 6.40. The van der Waals surface area contributed by atoms with Crippen LogP contribution < -0.4 is 15.4 Å². The topological polar surface area (TPSA) is 122 Å². The lowest BCUT2D eigenvalue weighted by Crippen LogP contribution is -2.52. The van der Waals surface area contributed by atoms with E-state index < -0.39 is 10.0 Å². The van der Waals surface area contributed by atoms with Gasteiger partial charge in [0.1, 0.15) is 18.0 Å². The number of nitrogens with zero attached hydrogens (tertiary/aromatic N) is 4. The molecule has 0 radical (unpaired) electrons. The number of nitrogens with two attached hydrogens (primary N) is 1. The molecule has 36 heavy (non-hydrogen) atoms. The Morgan fingerprint density at radius 1 is 1.00 bits per heavy atom. The van der Waals surface area contributed by atoms with Gasteiger partial charge >= 0.3 is 6.03 Å². The van der Waals surface area contributed by atoms with Crippen LogP contribution in [0.3, 0.4) is 0 Å². The minimum atomic E-state index is -3.74. The summed E-state index contributed by atoms with van der Waals surface area (Å²) in [5.74, 6) is 0.516. The first kappa shape index (κ1) is 23.9. The molecule has 2 aromatic carbocycles. The van der Waals surface area contributed by atoms with Gasteiger partial charge in [-0.2, -0.15) is 0 Å². The maximum Gasteiger partial charge on any atom is 0.317 e. The molecule has 0 saturated carbocycles. The fraction of sp³-hybridized carbons (Fsp3) is 0.240. The Bertz CT molecular complexity index is 1420. The van der Waals surface area contributed by atoms with E-state index in [2.05, 4.69) is 20.2 Å². The average molecular weight is 509 g/mol. The van der Waals surface area contributed by atoms with Crippen molar-refractivity contribution in [1.82, 2.24) is 20.2 Å². The second-order valence-electron chi connectivity index (χ2n) is 8.73. The van der Waals surface area contributed by atoms with Gasteiger partial charge in [-0.25, -0.2) is 32.7 Å². The summed E-state index contributed by atoms with van der Waals surface area (Å²) in [5, 5.41) is 8.09. The van der Waals surface area contributed by atoms with Gasteiger partial charge in [-0.1, -0.05) is 24.3 Å². The molecule has 2 amide bonds. The molecule has 1 aliphatic carbocycles. The number of piperazine rings is 1. The number of hydrogen-bond donors (Lipinski definition) is 2. The Labute approximate surface area is 208 Å². The number of primary sulfonamides is 1. The van der Waals surface area contributed by atoms with Crippen molar-refractivity contribution in [2.45, 2.75) is 17.9 Å². The van der Waals surface area contributed by atoms with Crippen LogP contribution in [0.4, 0.5) is 15.0 Å². The Balaban J connectivity index is 1.23. The van der Waals surface area contributed by atoms with E-state index in [9.17, 15) is 17.6 Å². The van der Waals surface area contributed by atoms with E-state index in [4.69, 9.17) is 5.14 Å². The van der Waals surface area contributed by atoms with Crippen molar-refractivity contribution < 1.29 is 17.6 Å². The Morgan fingerprint density at radius 2 is 1.69 bits per heavy atom. The van der Waals surface area contributed by atoms with Gasteiger partial charge in [0.25, 0.3) is 0 Å². The Morgan fingerprint density at radius 3 is 2.36 bits per heavy atom. The van der Waals surface area contributed by atoms with Crippen molar-refractivity contribution >= 4 is 33.5 Å². The van der Waals surface area contributed by atoms with Crippen LogP contribution in [0.15, 0.2) is 59.8 Å². The van der Waals surface area contributed by atoms with Crippen LogP contribution in [0.25, 0.3) is 11.6 Å². The first-order valence-corrected chi connectivity index (χ1v) is 13.0. The van der Waals surface area contributed by atoms with Gasteiger partial charge in [-0.15, -0.1) is 0 Å². The van der Waals surface area contributed by atoms with E-state index in [0.29, 0.717) is 39.1 Å². The van der Waals surface area contributed by atoms with Crippen molar-refractivity contribution in [1.29, 1.82) is 0 Å². The van der Waals surface area contributed by atoms with Gasteiger partial charge < -0.3 is 15.1 Å². The number of sulfonamides is 1. The summed E-state index contributed by atoms with van der Waals surface area (Å²) in [6.45, 7) is 2.67. The number of halogens is 1. The highest BCUT2D eigenvalue weighted by Crippen LogP contribution is 2.35. The second-order valence-corrected chi connectivity index (χ2v) is 10.3. The van der Waals surface area contributed by atoms with Crippen LogP contribution in [0.1, 0.15) is 22.4 Å². The first-order chi connectivity index (χ1) is 17.3. The monoisotopic (exact) mass is 508 g/mol. The zero-order chi connectivity index (χ0) is 25.3. The molecular weight excluding hydrogens is 483 g/mol. The standard InChI is InChI=1S/C25H25FN6O3S/c26-20-5-1-17(2-6-20)15-28-25(33)32-11-9-31(10-12-32)24-22-13-19(14-23(22)29-16-30-24)18-3-7-21(8-4-18)36(27,34)35/h1-8,13,16H,9-12,14-15H2,(H,28,33)(H2,27,34,35). The van der Waals surface area contributed by atoms with E-state index in [1.54, 1.807) is 35.5 Å². The number of aromatic nitrogens is 2. The summed E-state index contributed by atoms with van der Waals surface area (Å²) in [4.78, 5) is 25.5. The molecule has 3 N–H and O–H groups in total. The molecule has 0 bridgehead atoms. The second kappa shape index (κ2) is 9.67. The number of nitrogens with one attached hydrogen (secondary N) is 1. The van der Waals surface area contributed by atoms with Gasteiger partial charge in [0.05, 0.1) is 10.6 Å². The highest BCUT2D eigenvalue weighted by atomic mass is 32.2. The largest absolute Gasteiger partial charge is 0.352 e. The molecule has 1 aromatic heterocycles. The summed E-state index contributed by atoms with van der Waals surface area (Å²) in [6, 6.07) is 12.4. The Hall–Kier alpha value is -3.83. The lowest BCUT2D eigenvalue weighted by Gasteiger charge is -2.36. The van der Waals surface area contributed by atoms with Gasteiger partial charge in [0, 0.05) is 44.7 Å². The predicted molar refractivity (Wildman–Crippen MR) is 134 cm³/mol. The first-order valence-electron chi connectivity index (χ1n) is 11.5. The number of urea groups is 1. The number of rotatable bonds is 5. The molecule has 186 valence electrons. The Kier molecular flexibility index (Phi) is 6.42. The zero-order valence-corrected chi connectivity index (χ0v) is 20.2. The van der Waals surface area contributed by atoms with E-state index >= 15 is 0 Å². The zero-order valence-electron chi connectivity index (χ0n) is 19.4. The number of amides is 2. The van der Waals surface area contributed by atoms with Crippen LogP contribution in [0.2, 0.25) is 0 Å². The third kappa shape index (κ3) is 5.07. The van der Waals surface area contributed by atoms with Gasteiger partial charge in [0.15, 0.2) is 0 Å². The predicted octanol–water partition coefficient (Wildman–Crippen LogP) is 2.39. The number of benzene rings is 2. The van der Waals surface area contributed by atoms with Crippen LogP contribution >= 0.6 is 0 Å². The lowest BCUT2D eigenvalue weighted by molar-refractivity contribution is 0.194. The van der Waals surface area contributed by atoms with Crippen LogP contribution in [-0.2, 0) is 23.0 Å². The fourth-order valence-electron chi connectivity index (χ4n) is 4.42. The summed E-state index contributed by atoms with van der Waals surface area (Å²) < 4.78 is 36.1. The number of hydrogen-bond acceptors (Lipinski definition) is 6. The van der Waals surface area contributed by atoms with E-state index in [-0.39, 0.29) is 16.7 Å². The number of allylic oxidation sites excluding steroid dienone is 1. The SMILES string of the molecule is NS(=O)(=O)c1ccc(C2=Cc3c(ncnc3N3CCN(C(=O)NCc4ccc(F)cc4)CC3)C2)cc1. The maximum absolute atomic E-state index is 13.1. The van der Waals surface area contributed by atoms with Crippen molar-refractivity contribution in [3.05, 3.63) is 83.1 Å². The molecular formula is C25H25FN6O3S. The van der Waals surface area contributed by atoms with Crippen LogP contribution in [-0.4, -0.2) is 55.5 Å². The van der Waals surface area contributed by atoms with Gasteiger partial charge in [0.2, 0.25) is 10.0 Å². The fourth-order valence-corrected chi connectivity index (χ4v) is 4.94. The normalized spacial score (nSPS) is 15.4. The van der Waals surface area contributed by atoms with Crippen LogP contribution in [0, 0.1) is 5.82 Å². The van der Waals surface area contributed by atoms with Gasteiger partial charge in [-0.3, -0.25) is 0 Å². The highest BCUT2D eigenvalue weighted by Gasteiger charge is 2.26. The summed E-state index contributed by atoms with van der Waals surface area (Å²) in [6.07, 6.45) is 4.21. The number of anilines is 1. The van der Waals surface area contributed by atoms with E-state index in [0.717, 1.165) is 33.8 Å². The summed E-state index contributed by atoms with van der Waals surface area (Å²) in [7, 11) is -3.74. The molecule has 9 nitrogen and oxygen atoms in total. The smallest absolute Gasteiger partial charge is 0.317 e. The molecule has 0 atom stereocenters. The number of carbonyl (C=O) groups is 1. The minimum absolute atomic E-state index is 0.0717. The molecule has 5 rings (SSSR count). The van der Waals surface area contributed by atoms with Crippen molar-refractivity contribution in [3.63, 3.8) is 0 Å². The van der Waals surface area contributed by atoms with Gasteiger partial charge in [-0.05, 0) is 47.0 Å². The molecule has 0 spiro atoms. The number of fused-ring (bicyclic) bond motifs is 1. The molecule has 2 heterocycles. The molecule has 3 aromatic rings. The molecule has 0 unspecified atom stereocenters. The van der Waals surface area contributed by atoms with Crippen molar-refractivity contribution in [3.8, 4) is 0 Å². The molecule has 1 fully saturated rings. The van der Waals surface area contributed by atoms with Crippen molar-refractivity contribution in [2.75, 3.05) is 31.1 Å². The van der Waals surface area contributed by atoms with Crippen LogP contribution in [0.5, 0.6) is 0 Å². The maximum atomic E-state index is 13.1. The summed E-state index contributed by atoms with van der Waals surface area (Å²) in [5.41, 5.74) is 4.60. The minimum Gasteiger partial charge on any atom is -0.352 e. The third-order valence-corrected chi connectivity index (χ3v) is 7.33.